The van der Waals surface area contributed by atoms with E-state index in [0.717, 1.165) is 25.9 Å². The quantitative estimate of drug-likeness (QED) is 0.765. The van der Waals surface area contributed by atoms with Crippen LogP contribution in [0.2, 0.25) is 0 Å². The minimum atomic E-state index is -0.105. The van der Waals surface area contributed by atoms with Crippen LogP contribution in [0.15, 0.2) is 30.3 Å². The number of hydrogen-bond donors (Lipinski definition) is 0. The van der Waals surface area contributed by atoms with Gasteiger partial charge in [0.1, 0.15) is 6.04 Å². The molecular weight excluding hydrogens is 226 g/mol. The first kappa shape index (κ1) is 13.1. The molecule has 0 bridgehead atoms. The summed E-state index contributed by atoms with van der Waals surface area (Å²) in [7, 11) is 1.47. The number of methoxy groups -OCH3 is 1. The highest BCUT2D eigenvalue weighted by Gasteiger charge is 2.32. The molecule has 0 aromatic heterocycles. The minimum absolute atomic E-state index is 0.0799. The zero-order valence-corrected chi connectivity index (χ0v) is 11.1. The number of nitrogens with zero attached hydrogens (tertiary/aromatic N) is 1. The average molecular weight is 247 g/mol. The lowest BCUT2D eigenvalue weighted by molar-refractivity contribution is -0.146. The van der Waals surface area contributed by atoms with Crippen molar-refractivity contribution in [3.05, 3.63) is 35.9 Å². The Balaban J connectivity index is 2.01. The maximum absolute atomic E-state index is 11.7. The highest BCUT2D eigenvalue weighted by atomic mass is 16.5. The van der Waals surface area contributed by atoms with Crippen LogP contribution in [0.25, 0.3) is 0 Å². The molecule has 18 heavy (non-hydrogen) atoms. The second kappa shape index (κ2) is 6.01. The maximum Gasteiger partial charge on any atom is 0.323 e. The number of benzene rings is 1. The highest BCUT2D eigenvalue weighted by Crippen LogP contribution is 2.29. The lowest BCUT2D eigenvalue weighted by Crippen LogP contribution is -2.39. The lowest BCUT2D eigenvalue weighted by Gasteiger charge is -2.24. The van der Waals surface area contributed by atoms with E-state index in [1.165, 1.54) is 12.7 Å². The van der Waals surface area contributed by atoms with Crippen molar-refractivity contribution in [2.75, 3.05) is 20.2 Å². The monoisotopic (exact) mass is 247 g/mol. The summed E-state index contributed by atoms with van der Waals surface area (Å²) in [5.74, 6) is 0.441. The van der Waals surface area contributed by atoms with E-state index >= 15 is 0 Å². The molecule has 1 aliphatic rings. The zero-order valence-electron chi connectivity index (χ0n) is 11.1. The third kappa shape index (κ3) is 2.72. The van der Waals surface area contributed by atoms with E-state index < -0.39 is 0 Å². The topological polar surface area (TPSA) is 29.5 Å². The van der Waals surface area contributed by atoms with Crippen molar-refractivity contribution in [2.24, 2.45) is 0 Å². The number of carbonyl (C=O) groups excluding carboxylic acids is 1. The van der Waals surface area contributed by atoms with Crippen molar-refractivity contribution in [1.29, 1.82) is 0 Å². The minimum Gasteiger partial charge on any atom is -0.468 e. The Morgan fingerprint density at radius 1 is 1.44 bits per heavy atom. The molecule has 1 aromatic rings. The van der Waals surface area contributed by atoms with Gasteiger partial charge in [-0.1, -0.05) is 37.3 Å². The number of likely N-dealkylation sites (tertiary alicyclic amines) is 1. The molecule has 3 nitrogen and oxygen atoms in total. The number of carbonyl (C=O) groups is 1. The predicted octanol–water partition coefficient (Wildman–Crippen LogP) is 2.43. The average Bonchev–Trinajstić information content (AvgIpc) is 2.90. The molecule has 2 rings (SSSR count). The van der Waals surface area contributed by atoms with E-state index in [9.17, 15) is 4.79 Å². The second-order valence-electron chi connectivity index (χ2n) is 4.84. The molecule has 0 N–H and O–H groups in total. The van der Waals surface area contributed by atoms with Gasteiger partial charge in [0.15, 0.2) is 0 Å². The summed E-state index contributed by atoms with van der Waals surface area (Å²) < 4.78 is 4.88. The van der Waals surface area contributed by atoms with Crippen molar-refractivity contribution in [3.63, 3.8) is 0 Å². The molecule has 1 aliphatic heterocycles. The second-order valence-corrected chi connectivity index (χ2v) is 4.84. The molecule has 98 valence electrons. The number of rotatable bonds is 4. The SMILES string of the molecule is CC[C@H](C(=O)OC)N1CC[C@H](c2ccccc2)C1. The van der Waals surface area contributed by atoms with Crippen LogP contribution in [0.5, 0.6) is 0 Å². The Morgan fingerprint density at radius 3 is 2.78 bits per heavy atom. The largest absolute Gasteiger partial charge is 0.468 e. The number of hydrogen-bond acceptors (Lipinski definition) is 3. The Bertz CT molecular complexity index is 391. The van der Waals surface area contributed by atoms with Gasteiger partial charge in [-0.2, -0.15) is 0 Å². The van der Waals surface area contributed by atoms with E-state index in [2.05, 4.69) is 29.2 Å². The standard InChI is InChI=1S/C15H21NO2/c1-3-14(15(17)18-2)16-10-9-13(11-16)12-7-5-4-6-8-12/h4-8,13-14H,3,9-11H2,1-2H3/t13-,14+/m0/s1. The third-order valence-electron chi connectivity index (χ3n) is 3.79. The van der Waals surface area contributed by atoms with Crippen molar-refractivity contribution in [3.8, 4) is 0 Å². The van der Waals surface area contributed by atoms with E-state index in [-0.39, 0.29) is 12.0 Å². The molecule has 1 aromatic carbocycles. The highest BCUT2D eigenvalue weighted by molar-refractivity contribution is 5.75. The summed E-state index contributed by atoms with van der Waals surface area (Å²) in [5.41, 5.74) is 1.37. The summed E-state index contributed by atoms with van der Waals surface area (Å²) in [4.78, 5) is 14.0. The normalized spacial score (nSPS) is 21.8. The molecule has 1 heterocycles. The zero-order chi connectivity index (χ0) is 13.0. The van der Waals surface area contributed by atoms with E-state index in [0.29, 0.717) is 5.92 Å². The molecule has 0 aliphatic carbocycles. The summed E-state index contributed by atoms with van der Waals surface area (Å²) in [6, 6.07) is 10.5. The van der Waals surface area contributed by atoms with Crippen LogP contribution in [0.1, 0.15) is 31.2 Å². The molecular formula is C15H21NO2. The summed E-state index contributed by atoms with van der Waals surface area (Å²) in [6.07, 6.45) is 1.94. The van der Waals surface area contributed by atoms with Gasteiger partial charge in [-0.15, -0.1) is 0 Å². The van der Waals surface area contributed by atoms with Crippen LogP contribution in [0, 0.1) is 0 Å². The van der Waals surface area contributed by atoms with Crippen molar-refractivity contribution < 1.29 is 9.53 Å². The third-order valence-corrected chi connectivity index (χ3v) is 3.79. The molecule has 0 radical (unpaired) electrons. The molecule has 3 heteroatoms. The van der Waals surface area contributed by atoms with Crippen LogP contribution >= 0.6 is 0 Å². The summed E-state index contributed by atoms with van der Waals surface area (Å²) in [6.45, 7) is 3.97. The molecule has 0 amide bonds. The molecule has 0 spiro atoms. The fourth-order valence-electron chi connectivity index (χ4n) is 2.78. The van der Waals surface area contributed by atoms with Gasteiger partial charge in [-0.25, -0.2) is 0 Å². The lowest BCUT2D eigenvalue weighted by atomic mass is 9.99. The van der Waals surface area contributed by atoms with Gasteiger partial charge in [0.05, 0.1) is 7.11 Å². The van der Waals surface area contributed by atoms with Gasteiger partial charge in [-0.3, -0.25) is 9.69 Å². The number of ether oxygens (including phenoxy) is 1. The molecule has 0 saturated carbocycles. The van der Waals surface area contributed by atoms with E-state index in [4.69, 9.17) is 4.74 Å². The van der Waals surface area contributed by atoms with Crippen LogP contribution in [-0.2, 0) is 9.53 Å². The van der Waals surface area contributed by atoms with Gasteiger partial charge in [-0.05, 0) is 30.9 Å². The Hall–Kier alpha value is -1.35. The van der Waals surface area contributed by atoms with Crippen LogP contribution < -0.4 is 0 Å². The van der Waals surface area contributed by atoms with Gasteiger partial charge in [0.25, 0.3) is 0 Å². The van der Waals surface area contributed by atoms with Gasteiger partial charge >= 0.3 is 5.97 Å². The first-order valence-electron chi connectivity index (χ1n) is 6.63. The Kier molecular flexibility index (Phi) is 4.37. The van der Waals surface area contributed by atoms with Crippen molar-refractivity contribution in [2.45, 2.75) is 31.7 Å². The molecule has 2 atom stereocenters. The molecule has 0 unspecified atom stereocenters. The fraction of sp³-hybridized carbons (Fsp3) is 0.533. The first-order valence-corrected chi connectivity index (χ1v) is 6.63. The van der Waals surface area contributed by atoms with Crippen LogP contribution in [-0.4, -0.2) is 37.1 Å². The van der Waals surface area contributed by atoms with Crippen LogP contribution in [0.4, 0.5) is 0 Å². The fourth-order valence-corrected chi connectivity index (χ4v) is 2.78. The smallest absolute Gasteiger partial charge is 0.323 e. The first-order chi connectivity index (χ1) is 8.76. The van der Waals surface area contributed by atoms with Crippen molar-refractivity contribution >= 4 is 5.97 Å². The van der Waals surface area contributed by atoms with E-state index in [1.54, 1.807) is 0 Å². The predicted molar refractivity (Wildman–Crippen MR) is 71.5 cm³/mol. The van der Waals surface area contributed by atoms with E-state index in [1.807, 2.05) is 13.0 Å². The Labute approximate surface area is 109 Å². The van der Waals surface area contributed by atoms with Gasteiger partial charge < -0.3 is 4.74 Å². The molecule has 1 fully saturated rings. The van der Waals surface area contributed by atoms with Crippen LogP contribution in [0.3, 0.4) is 0 Å². The van der Waals surface area contributed by atoms with Crippen molar-refractivity contribution in [1.82, 2.24) is 4.90 Å². The summed E-state index contributed by atoms with van der Waals surface area (Å²) in [5, 5.41) is 0. The number of esters is 1. The maximum atomic E-state index is 11.7. The van der Waals surface area contributed by atoms with Gasteiger partial charge in [0.2, 0.25) is 0 Å². The molecule has 1 saturated heterocycles. The Morgan fingerprint density at radius 2 is 2.17 bits per heavy atom. The van der Waals surface area contributed by atoms with Gasteiger partial charge in [0, 0.05) is 6.54 Å². The summed E-state index contributed by atoms with van der Waals surface area (Å²) >= 11 is 0.